The van der Waals surface area contributed by atoms with Crippen molar-refractivity contribution >= 4 is 40.2 Å². The summed E-state index contributed by atoms with van der Waals surface area (Å²) in [7, 11) is 3.21. The van der Waals surface area contributed by atoms with Crippen LogP contribution in [-0.2, 0) is 4.79 Å². The fraction of sp³-hybridized carbons (Fsp3) is 0.429. The van der Waals surface area contributed by atoms with Crippen molar-refractivity contribution in [2.45, 2.75) is 36.8 Å². The molecule has 1 aliphatic heterocycles. The molecule has 1 atom stereocenters. The van der Waals surface area contributed by atoms with Crippen LogP contribution in [0.4, 0.5) is 4.39 Å². The minimum Gasteiger partial charge on any atom is -0.497 e. The van der Waals surface area contributed by atoms with Crippen molar-refractivity contribution < 1.29 is 23.8 Å². The number of benzene rings is 2. The SMILES string of the molecule is COc1ccc2ncc(Cl)c(C(F)CCC3(C(=O)O)CCN(CCSc4ccccc4OC)CC3)c2c1. The van der Waals surface area contributed by atoms with Crippen LogP contribution >= 0.6 is 23.4 Å². The highest BCUT2D eigenvalue weighted by Gasteiger charge is 2.41. The van der Waals surface area contributed by atoms with Gasteiger partial charge in [0.1, 0.15) is 17.7 Å². The van der Waals surface area contributed by atoms with Crippen molar-refractivity contribution in [3.8, 4) is 11.5 Å². The predicted molar refractivity (Wildman–Crippen MR) is 146 cm³/mol. The Hall–Kier alpha value is -2.55. The third kappa shape index (κ3) is 6.30. The van der Waals surface area contributed by atoms with Crippen LogP contribution in [0.25, 0.3) is 10.9 Å². The third-order valence-electron chi connectivity index (χ3n) is 7.26. The zero-order valence-corrected chi connectivity index (χ0v) is 22.7. The molecule has 1 fully saturated rings. The molecule has 0 aliphatic carbocycles. The summed E-state index contributed by atoms with van der Waals surface area (Å²) >= 11 is 8.10. The first-order valence-electron chi connectivity index (χ1n) is 12.3. The molecule has 37 heavy (non-hydrogen) atoms. The number of para-hydroxylation sites is 1. The molecule has 0 bridgehead atoms. The summed E-state index contributed by atoms with van der Waals surface area (Å²) in [6.07, 6.45) is 1.35. The number of carbonyl (C=O) groups is 1. The lowest BCUT2D eigenvalue weighted by molar-refractivity contribution is -0.153. The second kappa shape index (κ2) is 12.3. The van der Waals surface area contributed by atoms with Crippen LogP contribution < -0.4 is 9.47 Å². The molecule has 9 heteroatoms. The minimum atomic E-state index is -1.41. The van der Waals surface area contributed by atoms with Gasteiger partial charge in [0.2, 0.25) is 0 Å². The Kier molecular flexibility index (Phi) is 9.16. The third-order valence-corrected chi connectivity index (χ3v) is 8.59. The smallest absolute Gasteiger partial charge is 0.309 e. The second-order valence-corrected chi connectivity index (χ2v) is 10.9. The van der Waals surface area contributed by atoms with Crippen molar-refractivity contribution in [2.24, 2.45) is 5.41 Å². The summed E-state index contributed by atoms with van der Waals surface area (Å²) in [5, 5.41) is 10.9. The molecule has 0 spiro atoms. The van der Waals surface area contributed by atoms with Crippen LogP contribution in [0.3, 0.4) is 0 Å². The zero-order chi connectivity index (χ0) is 26.4. The van der Waals surface area contributed by atoms with E-state index in [1.54, 1.807) is 44.2 Å². The molecule has 0 saturated carbocycles. The molecule has 0 radical (unpaired) electrons. The molecule has 1 saturated heterocycles. The van der Waals surface area contributed by atoms with Gasteiger partial charge in [0.15, 0.2) is 0 Å². The van der Waals surface area contributed by atoms with Crippen LogP contribution in [-0.4, -0.2) is 60.6 Å². The van der Waals surface area contributed by atoms with E-state index in [0.717, 1.165) is 22.9 Å². The predicted octanol–water partition coefficient (Wildman–Crippen LogP) is 6.66. The first kappa shape index (κ1) is 27.5. The summed E-state index contributed by atoms with van der Waals surface area (Å²) < 4.78 is 26.4. The number of pyridine rings is 1. The van der Waals surface area contributed by atoms with Crippen molar-refractivity contribution in [1.29, 1.82) is 0 Å². The van der Waals surface area contributed by atoms with Gasteiger partial charge in [-0.3, -0.25) is 9.78 Å². The van der Waals surface area contributed by atoms with Gasteiger partial charge in [0.25, 0.3) is 0 Å². The number of likely N-dealkylation sites (tertiary alicyclic amines) is 1. The summed E-state index contributed by atoms with van der Waals surface area (Å²) in [6.45, 7) is 2.20. The van der Waals surface area contributed by atoms with Gasteiger partial charge < -0.3 is 19.5 Å². The summed E-state index contributed by atoms with van der Waals surface area (Å²) in [5.41, 5.74) is 0.0240. The van der Waals surface area contributed by atoms with E-state index in [0.29, 0.717) is 48.1 Å². The molecule has 4 rings (SSSR count). The molecule has 3 aromatic rings. The monoisotopic (exact) mass is 546 g/mol. The Morgan fingerprint density at radius 2 is 1.97 bits per heavy atom. The van der Waals surface area contributed by atoms with E-state index in [4.69, 9.17) is 21.1 Å². The van der Waals surface area contributed by atoms with Crippen LogP contribution in [0, 0.1) is 5.41 Å². The molecular formula is C28H32ClFN2O4S. The Labute approximate surface area is 226 Å². The number of nitrogens with zero attached hydrogens (tertiary/aromatic N) is 2. The lowest BCUT2D eigenvalue weighted by Gasteiger charge is -2.39. The van der Waals surface area contributed by atoms with Gasteiger partial charge in [-0.25, -0.2) is 4.39 Å². The number of aromatic nitrogens is 1. The molecule has 1 aromatic heterocycles. The maximum atomic E-state index is 15.6. The molecule has 1 unspecified atom stereocenters. The van der Waals surface area contributed by atoms with E-state index in [-0.39, 0.29) is 17.9 Å². The molecule has 198 valence electrons. The Morgan fingerprint density at radius 1 is 1.22 bits per heavy atom. The number of carboxylic acids is 1. The maximum Gasteiger partial charge on any atom is 0.309 e. The van der Waals surface area contributed by atoms with Gasteiger partial charge >= 0.3 is 5.97 Å². The van der Waals surface area contributed by atoms with E-state index >= 15 is 4.39 Å². The lowest BCUT2D eigenvalue weighted by Crippen LogP contribution is -2.45. The number of ether oxygens (including phenoxy) is 2. The number of alkyl halides is 1. The largest absolute Gasteiger partial charge is 0.497 e. The van der Waals surface area contributed by atoms with E-state index in [2.05, 4.69) is 9.88 Å². The van der Waals surface area contributed by atoms with Crippen LogP contribution in [0.1, 0.15) is 37.4 Å². The topological polar surface area (TPSA) is 71.9 Å². The average molecular weight is 547 g/mol. The number of halogens is 2. The highest BCUT2D eigenvalue weighted by atomic mass is 35.5. The number of methoxy groups -OCH3 is 2. The molecule has 1 aliphatic rings. The quantitative estimate of drug-likeness (QED) is 0.270. The number of hydrogen-bond acceptors (Lipinski definition) is 6. The highest BCUT2D eigenvalue weighted by molar-refractivity contribution is 7.99. The molecule has 0 amide bonds. The molecule has 2 aromatic carbocycles. The van der Waals surface area contributed by atoms with Gasteiger partial charge in [0, 0.05) is 34.3 Å². The van der Waals surface area contributed by atoms with E-state index in [9.17, 15) is 9.90 Å². The van der Waals surface area contributed by atoms with Crippen molar-refractivity contribution in [1.82, 2.24) is 9.88 Å². The maximum absolute atomic E-state index is 15.6. The molecular weight excluding hydrogens is 515 g/mol. The number of aliphatic carboxylic acids is 1. The molecule has 2 heterocycles. The second-order valence-electron chi connectivity index (χ2n) is 9.34. The van der Waals surface area contributed by atoms with Gasteiger partial charge in [0.05, 0.1) is 30.2 Å². The Balaban J connectivity index is 1.37. The lowest BCUT2D eigenvalue weighted by atomic mass is 9.74. The van der Waals surface area contributed by atoms with Crippen molar-refractivity contribution in [3.63, 3.8) is 0 Å². The number of rotatable bonds is 11. The van der Waals surface area contributed by atoms with Gasteiger partial charge in [-0.05, 0) is 69.1 Å². The van der Waals surface area contributed by atoms with E-state index < -0.39 is 17.6 Å². The van der Waals surface area contributed by atoms with Crippen LogP contribution in [0.15, 0.2) is 53.6 Å². The highest BCUT2D eigenvalue weighted by Crippen LogP contribution is 2.42. The number of piperidine rings is 1. The Morgan fingerprint density at radius 3 is 2.68 bits per heavy atom. The van der Waals surface area contributed by atoms with Gasteiger partial charge in [-0.1, -0.05) is 23.7 Å². The molecule has 1 N–H and O–H groups in total. The normalized spacial score (nSPS) is 16.4. The minimum absolute atomic E-state index is 0.0754. The summed E-state index contributed by atoms with van der Waals surface area (Å²) in [5.74, 6) is 1.47. The van der Waals surface area contributed by atoms with Crippen molar-refractivity contribution in [3.05, 3.63) is 59.2 Å². The summed E-state index contributed by atoms with van der Waals surface area (Å²) in [4.78, 5) is 20.0. The van der Waals surface area contributed by atoms with Gasteiger partial charge in [-0.2, -0.15) is 0 Å². The first-order chi connectivity index (χ1) is 17.9. The standard InChI is InChI=1S/C28H32ClFN2O4S/c1-35-19-7-8-23-20(17-19)26(21(29)18-31-23)22(30)9-10-28(27(33)34)11-13-32(14-12-28)15-16-37-25-6-4-3-5-24(25)36-2/h3-8,17-18,22H,9-16H2,1-2H3,(H,33,34). The van der Waals surface area contributed by atoms with E-state index in [1.165, 1.54) is 6.20 Å². The van der Waals surface area contributed by atoms with Crippen LogP contribution in [0.2, 0.25) is 5.02 Å². The number of thioether (sulfide) groups is 1. The summed E-state index contributed by atoms with van der Waals surface area (Å²) in [6, 6.07) is 13.2. The number of carboxylic acid groups (broad SMARTS) is 1. The fourth-order valence-corrected chi connectivity index (χ4v) is 6.27. The first-order valence-corrected chi connectivity index (χ1v) is 13.7. The van der Waals surface area contributed by atoms with Crippen LogP contribution in [0.5, 0.6) is 11.5 Å². The molecule has 6 nitrogen and oxygen atoms in total. The van der Waals surface area contributed by atoms with Crippen molar-refractivity contribution in [2.75, 3.05) is 39.6 Å². The Bertz CT molecular complexity index is 1240. The zero-order valence-electron chi connectivity index (χ0n) is 21.1. The van der Waals surface area contributed by atoms with Gasteiger partial charge in [-0.15, -0.1) is 11.8 Å². The van der Waals surface area contributed by atoms with E-state index in [1.807, 2.05) is 24.3 Å². The number of fused-ring (bicyclic) bond motifs is 1. The fourth-order valence-electron chi connectivity index (χ4n) is 4.96. The average Bonchev–Trinajstić information content (AvgIpc) is 2.92. The number of hydrogen-bond donors (Lipinski definition) is 1.